The first-order chi connectivity index (χ1) is 4.34. The number of aromatic amines is 1. The topological polar surface area (TPSA) is 15.8 Å². The summed E-state index contributed by atoms with van der Waals surface area (Å²) in [4.78, 5) is 3.05. The van der Waals surface area contributed by atoms with Gasteiger partial charge in [-0.2, -0.15) is 0 Å². The maximum absolute atomic E-state index is 3.85. The number of H-pyrrole nitrogens is 1. The molecule has 0 saturated carbocycles. The van der Waals surface area contributed by atoms with Crippen molar-refractivity contribution in [3.05, 3.63) is 43.6 Å². The molecule has 0 fully saturated rings. The Labute approximate surface area is 55.4 Å². The highest BCUT2D eigenvalue weighted by molar-refractivity contribution is 5.15. The van der Waals surface area contributed by atoms with E-state index in [-0.39, 0.29) is 5.92 Å². The van der Waals surface area contributed by atoms with Crippen molar-refractivity contribution in [1.29, 1.82) is 0 Å². The first-order valence-electron chi connectivity index (χ1n) is 2.93. The zero-order chi connectivity index (χ0) is 6.69. The lowest BCUT2D eigenvalue weighted by Crippen LogP contribution is -1.86. The van der Waals surface area contributed by atoms with E-state index in [4.69, 9.17) is 0 Å². The van der Waals surface area contributed by atoms with Crippen molar-refractivity contribution >= 4 is 0 Å². The first-order valence-corrected chi connectivity index (χ1v) is 2.93. The Hall–Kier alpha value is -0.980. The lowest BCUT2D eigenvalue weighted by atomic mass is 10.1. The van der Waals surface area contributed by atoms with Crippen LogP contribution in [-0.2, 0) is 0 Å². The largest absolute Gasteiger partial charge is 0.365 e. The minimum absolute atomic E-state index is 0.194. The van der Waals surface area contributed by atoms with E-state index in [9.17, 15) is 0 Å². The third kappa shape index (κ3) is 1.22. The number of aromatic nitrogens is 1. The van der Waals surface area contributed by atoms with Gasteiger partial charge in [0.25, 0.3) is 0 Å². The van der Waals surface area contributed by atoms with Crippen molar-refractivity contribution in [3.63, 3.8) is 0 Å². The number of rotatable bonds is 2. The van der Waals surface area contributed by atoms with Crippen molar-refractivity contribution in [2.75, 3.05) is 0 Å². The number of hydrogen-bond acceptors (Lipinski definition) is 0. The molecule has 1 unspecified atom stereocenters. The molecule has 9 heavy (non-hydrogen) atoms. The second-order valence-corrected chi connectivity index (χ2v) is 1.97. The molecule has 1 N–H and O–H groups in total. The highest BCUT2D eigenvalue weighted by atomic mass is 14.7. The quantitative estimate of drug-likeness (QED) is 0.575. The van der Waals surface area contributed by atoms with Crippen LogP contribution in [0.2, 0.25) is 0 Å². The van der Waals surface area contributed by atoms with Gasteiger partial charge < -0.3 is 4.98 Å². The van der Waals surface area contributed by atoms with Crippen LogP contribution in [0.15, 0.2) is 31.0 Å². The van der Waals surface area contributed by atoms with Crippen molar-refractivity contribution < 1.29 is 0 Å². The van der Waals surface area contributed by atoms with Gasteiger partial charge in [0.2, 0.25) is 0 Å². The summed E-state index contributed by atoms with van der Waals surface area (Å²) in [5, 5.41) is 0. The van der Waals surface area contributed by atoms with Gasteiger partial charge in [-0.15, -0.1) is 6.58 Å². The molecule has 0 saturated heterocycles. The second-order valence-electron chi connectivity index (χ2n) is 1.97. The van der Waals surface area contributed by atoms with Crippen LogP contribution in [0, 0.1) is 6.92 Å². The average molecular weight is 120 g/mol. The summed E-state index contributed by atoms with van der Waals surface area (Å²) in [6.45, 7) is 7.48. The Balaban J connectivity index is 2.76. The van der Waals surface area contributed by atoms with E-state index in [1.807, 2.05) is 24.4 Å². The Morgan fingerprint density at radius 2 is 2.44 bits per heavy atom. The van der Waals surface area contributed by atoms with Gasteiger partial charge in [-0.3, -0.25) is 0 Å². The van der Waals surface area contributed by atoms with Crippen LogP contribution in [0.3, 0.4) is 0 Å². The molecule has 1 heterocycles. The predicted molar refractivity (Wildman–Crippen MR) is 39.1 cm³/mol. The SMILES string of the molecule is [CH2]C(C=C)c1ccc[nH]1. The zero-order valence-electron chi connectivity index (χ0n) is 5.30. The summed E-state index contributed by atoms with van der Waals surface area (Å²) in [7, 11) is 0. The van der Waals surface area contributed by atoms with E-state index in [1.165, 1.54) is 0 Å². The fourth-order valence-electron chi connectivity index (χ4n) is 0.702. The molecule has 1 radical (unpaired) electrons. The molecule has 47 valence electrons. The monoisotopic (exact) mass is 120 g/mol. The standard InChI is InChI=1S/C8H10N/c1-3-7(2)8-5-4-6-9-8/h3-7,9H,1-2H2. The summed E-state index contributed by atoms with van der Waals surface area (Å²) in [6, 6.07) is 3.95. The minimum atomic E-state index is 0.194. The normalized spacial score (nSPS) is 13.0. The lowest BCUT2D eigenvalue weighted by Gasteiger charge is -1.99. The number of nitrogens with one attached hydrogen (secondary N) is 1. The average Bonchev–Trinajstić information content (AvgIpc) is 2.37. The van der Waals surface area contributed by atoms with Gasteiger partial charge in [-0.25, -0.2) is 0 Å². The first kappa shape index (κ1) is 6.14. The van der Waals surface area contributed by atoms with Gasteiger partial charge in [0.15, 0.2) is 0 Å². The van der Waals surface area contributed by atoms with Crippen LogP contribution in [0.1, 0.15) is 11.6 Å². The Morgan fingerprint density at radius 3 is 2.89 bits per heavy atom. The van der Waals surface area contributed by atoms with E-state index < -0.39 is 0 Å². The second kappa shape index (κ2) is 2.53. The highest BCUT2D eigenvalue weighted by Gasteiger charge is 1.97. The van der Waals surface area contributed by atoms with E-state index >= 15 is 0 Å². The van der Waals surface area contributed by atoms with Crippen LogP contribution in [0.5, 0.6) is 0 Å². The summed E-state index contributed by atoms with van der Waals surface area (Å²) >= 11 is 0. The van der Waals surface area contributed by atoms with Crippen molar-refractivity contribution in [1.82, 2.24) is 4.98 Å². The Kier molecular flexibility index (Phi) is 1.73. The third-order valence-electron chi connectivity index (χ3n) is 1.31. The van der Waals surface area contributed by atoms with Crippen LogP contribution < -0.4 is 0 Å². The molecule has 0 aliphatic heterocycles. The van der Waals surface area contributed by atoms with Crippen LogP contribution in [-0.4, -0.2) is 4.98 Å². The zero-order valence-corrected chi connectivity index (χ0v) is 5.30. The van der Waals surface area contributed by atoms with Gasteiger partial charge in [0, 0.05) is 17.8 Å². The van der Waals surface area contributed by atoms with Gasteiger partial charge in [0.1, 0.15) is 0 Å². The molecule has 0 spiro atoms. The van der Waals surface area contributed by atoms with Crippen molar-refractivity contribution in [2.24, 2.45) is 0 Å². The van der Waals surface area contributed by atoms with E-state index in [2.05, 4.69) is 18.5 Å². The molecule has 0 aromatic carbocycles. The predicted octanol–water partition coefficient (Wildman–Crippen LogP) is 2.12. The molecule has 1 rings (SSSR count). The number of allylic oxidation sites excluding steroid dienone is 1. The Bertz CT molecular complexity index is 174. The van der Waals surface area contributed by atoms with Crippen LogP contribution in [0.4, 0.5) is 0 Å². The maximum atomic E-state index is 3.85. The fourth-order valence-corrected chi connectivity index (χ4v) is 0.702. The maximum Gasteiger partial charge on any atom is 0.0216 e. The highest BCUT2D eigenvalue weighted by Crippen LogP contribution is 2.11. The van der Waals surface area contributed by atoms with E-state index in [0.717, 1.165) is 5.69 Å². The molecule has 1 nitrogen and oxygen atoms in total. The molecule has 1 atom stereocenters. The van der Waals surface area contributed by atoms with Gasteiger partial charge in [-0.1, -0.05) is 6.08 Å². The molecule has 1 aromatic heterocycles. The van der Waals surface area contributed by atoms with Crippen molar-refractivity contribution in [3.8, 4) is 0 Å². The van der Waals surface area contributed by atoms with Crippen molar-refractivity contribution in [2.45, 2.75) is 5.92 Å². The Morgan fingerprint density at radius 1 is 1.67 bits per heavy atom. The molecular weight excluding hydrogens is 110 g/mol. The van der Waals surface area contributed by atoms with Gasteiger partial charge >= 0.3 is 0 Å². The van der Waals surface area contributed by atoms with Crippen LogP contribution in [0.25, 0.3) is 0 Å². The smallest absolute Gasteiger partial charge is 0.0216 e. The fraction of sp³-hybridized carbons (Fsp3) is 0.125. The lowest BCUT2D eigenvalue weighted by molar-refractivity contribution is 1.02. The number of hydrogen-bond donors (Lipinski definition) is 1. The summed E-state index contributed by atoms with van der Waals surface area (Å²) in [5.74, 6) is 0.194. The van der Waals surface area contributed by atoms with Crippen LogP contribution >= 0.6 is 0 Å². The molecular formula is C8H10N. The third-order valence-corrected chi connectivity index (χ3v) is 1.31. The summed E-state index contributed by atoms with van der Waals surface area (Å²) < 4.78 is 0. The molecule has 0 aliphatic rings. The molecule has 1 aromatic rings. The summed E-state index contributed by atoms with van der Waals surface area (Å²) in [6.07, 6.45) is 3.70. The van der Waals surface area contributed by atoms with Gasteiger partial charge in [-0.05, 0) is 19.1 Å². The minimum Gasteiger partial charge on any atom is -0.365 e. The van der Waals surface area contributed by atoms with E-state index in [0.29, 0.717) is 0 Å². The molecule has 1 heteroatoms. The molecule has 0 aliphatic carbocycles. The van der Waals surface area contributed by atoms with E-state index in [1.54, 1.807) is 0 Å². The van der Waals surface area contributed by atoms with Gasteiger partial charge in [0.05, 0.1) is 0 Å². The summed E-state index contributed by atoms with van der Waals surface area (Å²) in [5.41, 5.74) is 1.12. The molecule has 0 amide bonds. The molecule has 0 bridgehead atoms.